The zero-order chi connectivity index (χ0) is 18.7. The van der Waals surface area contributed by atoms with Gasteiger partial charge in [-0.3, -0.25) is 9.10 Å². The number of hydrogen-bond acceptors (Lipinski definition) is 8. The van der Waals surface area contributed by atoms with E-state index in [9.17, 15) is 13.2 Å². The van der Waals surface area contributed by atoms with Gasteiger partial charge in [0.25, 0.3) is 0 Å². The molecular weight excluding hydrogens is 410 g/mol. The molecule has 0 saturated heterocycles. The lowest BCUT2D eigenvalue weighted by Gasteiger charge is -2.18. The van der Waals surface area contributed by atoms with E-state index in [1.807, 2.05) is 6.07 Å². The van der Waals surface area contributed by atoms with Gasteiger partial charge < -0.3 is 0 Å². The topological polar surface area (TPSA) is 80.2 Å². The third-order valence-electron chi connectivity index (χ3n) is 3.94. The van der Waals surface area contributed by atoms with Crippen molar-refractivity contribution in [3.8, 4) is 0 Å². The summed E-state index contributed by atoms with van der Waals surface area (Å²) >= 11 is 4.52. The minimum atomic E-state index is -3.26. The summed E-state index contributed by atoms with van der Waals surface area (Å²) in [6.45, 7) is 4.14. The second-order valence-corrected chi connectivity index (χ2v) is 11.4. The highest BCUT2D eigenvalue weighted by molar-refractivity contribution is 8.03. The highest BCUT2D eigenvalue weighted by Gasteiger charge is 2.28. The minimum Gasteiger partial charge on any atom is -0.293 e. The van der Waals surface area contributed by atoms with E-state index in [0.717, 1.165) is 20.0 Å². The zero-order valence-corrected chi connectivity index (χ0v) is 17.7. The van der Waals surface area contributed by atoms with E-state index in [1.165, 1.54) is 27.4 Å². The van der Waals surface area contributed by atoms with Gasteiger partial charge in [-0.2, -0.15) is 0 Å². The van der Waals surface area contributed by atoms with Crippen molar-refractivity contribution in [2.45, 2.75) is 28.9 Å². The van der Waals surface area contributed by atoms with E-state index in [1.54, 1.807) is 30.8 Å². The maximum Gasteiger partial charge on any atom is 0.234 e. The van der Waals surface area contributed by atoms with Crippen LogP contribution in [-0.2, 0) is 16.4 Å². The van der Waals surface area contributed by atoms with E-state index >= 15 is 0 Å². The number of ketones is 1. The molecule has 0 N–H and O–H groups in total. The largest absolute Gasteiger partial charge is 0.293 e. The van der Waals surface area contributed by atoms with Crippen LogP contribution in [0.1, 0.15) is 29.8 Å². The van der Waals surface area contributed by atoms with Crippen molar-refractivity contribution in [2.24, 2.45) is 0 Å². The third-order valence-corrected chi connectivity index (χ3v) is 8.79. The van der Waals surface area contributed by atoms with Gasteiger partial charge >= 0.3 is 0 Å². The SMILES string of the molecule is CCSc1nnc(SCC(=O)c2ccc3c(c2)CCN3S(=O)(=O)CC)s1. The molecule has 10 heteroatoms. The molecule has 6 nitrogen and oxygen atoms in total. The van der Waals surface area contributed by atoms with Crippen LogP contribution < -0.4 is 4.31 Å². The summed E-state index contributed by atoms with van der Waals surface area (Å²) in [6.07, 6.45) is 0.636. The Balaban J connectivity index is 1.67. The van der Waals surface area contributed by atoms with Crippen LogP contribution in [0.4, 0.5) is 5.69 Å². The molecule has 0 bridgehead atoms. The lowest BCUT2D eigenvalue weighted by Crippen LogP contribution is -2.30. The van der Waals surface area contributed by atoms with Crippen LogP contribution in [0.3, 0.4) is 0 Å². The van der Waals surface area contributed by atoms with Gasteiger partial charge in [-0.05, 0) is 42.9 Å². The second-order valence-electron chi connectivity index (χ2n) is 5.54. The van der Waals surface area contributed by atoms with Gasteiger partial charge in [0.2, 0.25) is 10.0 Å². The molecule has 0 amide bonds. The molecule has 0 radical (unpaired) electrons. The number of carbonyl (C=O) groups is 1. The number of sulfonamides is 1. The summed E-state index contributed by atoms with van der Waals surface area (Å²) in [5, 5.41) is 8.17. The van der Waals surface area contributed by atoms with Gasteiger partial charge in [0.15, 0.2) is 14.5 Å². The number of fused-ring (bicyclic) bond motifs is 1. The van der Waals surface area contributed by atoms with E-state index < -0.39 is 10.0 Å². The Morgan fingerprint density at radius 1 is 1.23 bits per heavy atom. The van der Waals surface area contributed by atoms with Crippen LogP contribution in [-0.4, -0.2) is 48.2 Å². The smallest absolute Gasteiger partial charge is 0.234 e. The second kappa shape index (κ2) is 8.28. The minimum absolute atomic E-state index is 0.00879. The molecular formula is C16H19N3O3S4. The van der Waals surface area contributed by atoms with E-state index in [2.05, 4.69) is 17.1 Å². The molecule has 26 heavy (non-hydrogen) atoms. The Bertz CT molecular complexity index is 911. The van der Waals surface area contributed by atoms with Crippen LogP contribution in [0, 0.1) is 0 Å². The molecule has 1 aliphatic rings. The monoisotopic (exact) mass is 429 g/mol. The van der Waals surface area contributed by atoms with Gasteiger partial charge in [-0.1, -0.05) is 41.8 Å². The van der Waals surface area contributed by atoms with Crippen molar-refractivity contribution < 1.29 is 13.2 Å². The summed E-state index contributed by atoms with van der Waals surface area (Å²) < 4.78 is 27.4. The Morgan fingerprint density at radius 3 is 2.65 bits per heavy atom. The molecule has 3 rings (SSSR count). The Morgan fingerprint density at radius 2 is 1.96 bits per heavy atom. The summed E-state index contributed by atoms with van der Waals surface area (Å²) in [7, 11) is -3.26. The van der Waals surface area contributed by atoms with Crippen molar-refractivity contribution in [1.82, 2.24) is 10.2 Å². The fourth-order valence-electron chi connectivity index (χ4n) is 2.64. The van der Waals surface area contributed by atoms with E-state index in [-0.39, 0.29) is 11.5 Å². The Hall–Kier alpha value is -1.10. The Kier molecular flexibility index (Phi) is 6.26. The summed E-state index contributed by atoms with van der Waals surface area (Å²) in [5.74, 6) is 1.32. The molecule has 2 aromatic rings. The number of thioether (sulfide) groups is 2. The van der Waals surface area contributed by atoms with Crippen LogP contribution in [0.25, 0.3) is 0 Å². The van der Waals surface area contributed by atoms with Gasteiger partial charge in [-0.15, -0.1) is 10.2 Å². The predicted octanol–water partition coefficient (Wildman–Crippen LogP) is 3.34. The quantitative estimate of drug-likeness (QED) is 0.470. The van der Waals surface area contributed by atoms with Crippen LogP contribution in [0.15, 0.2) is 26.9 Å². The van der Waals surface area contributed by atoms with Crippen molar-refractivity contribution in [2.75, 3.05) is 28.1 Å². The maximum absolute atomic E-state index is 12.5. The number of aromatic nitrogens is 2. The first-order chi connectivity index (χ1) is 12.4. The average molecular weight is 430 g/mol. The highest BCUT2D eigenvalue weighted by atomic mass is 32.2. The number of anilines is 1. The number of rotatable bonds is 8. The first kappa shape index (κ1) is 19.7. The molecule has 0 spiro atoms. The summed E-state index contributed by atoms with van der Waals surface area (Å²) in [5.41, 5.74) is 2.22. The third kappa shape index (κ3) is 4.24. The fourth-order valence-corrected chi connectivity index (χ4v) is 6.61. The molecule has 0 aliphatic carbocycles. The number of Topliss-reactive ketones (excluding diaryl/α,β-unsaturated/α-hetero) is 1. The van der Waals surface area contributed by atoms with Crippen LogP contribution in [0.2, 0.25) is 0 Å². The molecule has 0 atom stereocenters. The molecule has 2 heterocycles. The molecule has 0 unspecified atom stereocenters. The lowest BCUT2D eigenvalue weighted by molar-refractivity contribution is 0.102. The molecule has 1 aliphatic heterocycles. The normalized spacial score (nSPS) is 13.8. The first-order valence-corrected chi connectivity index (χ1v) is 12.6. The van der Waals surface area contributed by atoms with Gasteiger partial charge in [0.05, 0.1) is 17.2 Å². The number of hydrogen-bond donors (Lipinski definition) is 0. The van der Waals surface area contributed by atoms with E-state index in [0.29, 0.717) is 30.0 Å². The van der Waals surface area contributed by atoms with Crippen molar-refractivity contribution >= 4 is 56.4 Å². The van der Waals surface area contributed by atoms with Gasteiger partial charge in [0.1, 0.15) is 0 Å². The predicted molar refractivity (Wildman–Crippen MR) is 108 cm³/mol. The summed E-state index contributed by atoms with van der Waals surface area (Å²) in [6, 6.07) is 5.28. The standard InChI is InChI=1S/C16H19N3O3S4/c1-3-23-15-17-18-16(25-15)24-10-14(20)12-5-6-13-11(9-12)7-8-19(13)26(21,22)4-2/h5-6,9H,3-4,7-8,10H2,1-2H3. The maximum atomic E-state index is 12.5. The number of carbonyl (C=O) groups excluding carboxylic acids is 1. The average Bonchev–Trinajstić information content (AvgIpc) is 3.26. The van der Waals surface area contributed by atoms with Crippen LogP contribution >= 0.6 is 34.9 Å². The van der Waals surface area contributed by atoms with Gasteiger partial charge in [0, 0.05) is 12.1 Å². The fraction of sp³-hybridized carbons (Fsp3) is 0.438. The van der Waals surface area contributed by atoms with Gasteiger partial charge in [-0.25, -0.2) is 8.42 Å². The summed E-state index contributed by atoms with van der Waals surface area (Å²) in [4.78, 5) is 12.5. The lowest BCUT2D eigenvalue weighted by atomic mass is 10.1. The van der Waals surface area contributed by atoms with Crippen molar-refractivity contribution in [3.05, 3.63) is 29.3 Å². The van der Waals surface area contributed by atoms with E-state index in [4.69, 9.17) is 0 Å². The zero-order valence-electron chi connectivity index (χ0n) is 14.5. The van der Waals surface area contributed by atoms with Crippen LogP contribution in [0.5, 0.6) is 0 Å². The molecule has 140 valence electrons. The van der Waals surface area contributed by atoms with Crippen molar-refractivity contribution in [3.63, 3.8) is 0 Å². The Labute approximate surface area is 165 Å². The number of nitrogens with zero attached hydrogens (tertiary/aromatic N) is 3. The molecule has 0 saturated carbocycles. The molecule has 0 fully saturated rings. The molecule has 1 aromatic carbocycles. The number of benzene rings is 1. The van der Waals surface area contributed by atoms with Crippen molar-refractivity contribution in [1.29, 1.82) is 0 Å². The highest BCUT2D eigenvalue weighted by Crippen LogP contribution is 2.32. The molecule has 1 aromatic heterocycles. The first-order valence-electron chi connectivity index (χ1n) is 8.20.